The molecule has 0 saturated heterocycles. The van der Waals surface area contributed by atoms with Gasteiger partial charge in [-0.3, -0.25) is 14.6 Å². The van der Waals surface area contributed by atoms with Gasteiger partial charge in [0.2, 0.25) is 11.8 Å². The van der Waals surface area contributed by atoms with E-state index in [-0.39, 0.29) is 23.7 Å². The van der Waals surface area contributed by atoms with Crippen LogP contribution in [-0.4, -0.2) is 23.3 Å². The number of carbonyl (C=O) groups is 2. The second-order valence-corrected chi connectivity index (χ2v) is 8.74. The van der Waals surface area contributed by atoms with Crippen molar-refractivity contribution in [2.24, 2.45) is 29.6 Å². The summed E-state index contributed by atoms with van der Waals surface area (Å²) < 4.78 is 0. The van der Waals surface area contributed by atoms with Gasteiger partial charge >= 0.3 is 0 Å². The van der Waals surface area contributed by atoms with Crippen LogP contribution in [0.1, 0.15) is 52.1 Å². The third-order valence-corrected chi connectivity index (χ3v) is 6.17. The van der Waals surface area contributed by atoms with E-state index >= 15 is 0 Å². The van der Waals surface area contributed by atoms with Crippen LogP contribution in [0, 0.1) is 29.6 Å². The molecule has 2 aliphatic carbocycles. The Kier molecular flexibility index (Phi) is 6.87. The van der Waals surface area contributed by atoms with E-state index in [9.17, 15) is 9.59 Å². The van der Waals surface area contributed by atoms with Crippen LogP contribution in [0.4, 0.5) is 0 Å². The van der Waals surface area contributed by atoms with Crippen molar-refractivity contribution in [3.8, 4) is 0 Å². The molecule has 1 aromatic heterocycles. The molecule has 1 saturated carbocycles. The van der Waals surface area contributed by atoms with Gasteiger partial charge < -0.3 is 10.6 Å². The van der Waals surface area contributed by atoms with Crippen LogP contribution in [-0.2, 0) is 16.1 Å². The van der Waals surface area contributed by atoms with Gasteiger partial charge in [-0.05, 0) is 62.0 Å². The molecular formula is C23H33N3O2. The summed E-state index contributed by atoms with van der Waals surface area (Å²) in [5, 5.41) is 6.14. The highest BCUT2D eigenvalue weighted by Crippen LogP contribution is 2.39. The van der Waals surface area contributed by atoms with Crippen LogP contribution in [0.25, 0.3) is 0 Å². The lowest BCUT2D eigenvalue weighted by molar-refractivity contribution is -0.122. The van der Waals surface area contributed by atoms with E-state index in [1.807, 2.05) is 18.2 Å². The zero-order chi connectivity index (χ0) is 20.1. The van der Waals surface area contributed by atoms with Gasteiger partial charge in [0.15, 0.2) is 0 Å². The number of nitrogens with zero attached hydrogens (tertiary/aromatic N) is 1. The molecule has 1 aromatic rings. The Labute approximate surface area is 168 Å². The summed E-state index contributed by atoms with van der Waals surface area (Å²) in [4.78, 5) is 28.7. The first-order valence-corrected chi connectivity index (χ1v) is 10.6. The fraction of sp³-hybridized carbons (Fsp3) is 0.609. The Morgan fingerprint density at radius 1 is 1.21 bits per heavy atom. The molecule has 5 heteroatoms. The minimum absolute atomic E-state index is 0.0754. The van der Waals surface area contributed by atoms with E-state index in [0.717, 1.165) is 25.0 Å². The summed E-state index contributed by atoms with van der Waals surface area (Å²) in [5.74, 6) is 2.17. The van der Waals surface area contributed by atoms with Gasteiger partial charge in [0.25, 0.3) is 0 Å². The maximum absolute atomic E-state index is 12.5. The van der Waals surface area contributed by atoms with Crippen LogP contribution in [0.5, 0.6) is 0 Å². The van der Waals surface area contributed by atoms with Gasteiger partial charge in [-0.25, -0.2) is 0 Å². The van der Waals surface area contributed by atoms with Gasteiger partial charge in [0.1, 0.15) is 0 Å². The van der Waals surface area contributed by atoms with Crippen LogP contribution < -0.4 is 10.6 Å². The molecule has 3 rings (SSSR count). The Bertz CT molecular complexity index is 710. The molecule has 2 N–H and O–H groups in total. The highest BCUT2D eigenvalue weighted by molar-refractivity contribution is 5.80. The lowest BCUT2D eigenvalue weighted by Gasteiger charge is -2.37. The molecule has 0 spiro atoms. The van der Waals surface area contributed by atoms with Crippen molar-refractivity contribution in [1.82, 2.24) is 15.6 Å². The highest BCUT2D eigenvalue weighted by atomic mass is 16.2. The minimum atomic E-state index is 0.0754. The van der Waals surface area contributed by atoms with Crippen LogP contribution >= 0.6 is 0 Å². The Hall–Kier alpha value is -2.17. The van der Waals surface area contributed by atoms with Crippen LogP contribution in [0.15, 0.2) is 36.0 Å². The second kappa shape index (κ2) is 9.35. The maximum Gasteiger partial charge on any atom is 0.223 e. The minimum Gasteiger partial charge on any atom is -0.355 e. The van der Waals surface area contributed by atoms with E-state index in [1.165, 1.54) is 5.57 Å². The van der Waals surface area contributed by atoms with E-state index in [2.05, 4.69) is 42.5 Å². The number of rotatable bonds is 8. The van der Waals surface area contributed by atoms with E-state index in [0.29, 0.717) is 37.3 Å². The molecular weight excluding hydrogens is 350 g/mol. The molecule has 0 unspecified atom stereocenters. The highest BCUT2D eigenvalue weighted by Gasteiger charge is 2.34. The molecule has 3 atom stereocenters. The third kappa shape index (κ3) is 5.66. The number of hydrogen-bond acceptors (Lipinski definition) is 3. The lowest BCUT2D eigenvalue weighted by atomic mass is 9.69. The average molecular weight is 384 g/mol. The predicted molar refractivity (Wildman–Crippen MR) is 110 cm³/mol. The predicted octanol–water partition coefficient (Wildman–Crippen LogP) is 3.47. The summed E-state index contributed by atoms with van der Waals surface area (Å²) in [5.41, 5.74) is 2.15. The van der Waals surface area contributed by atoms with Crippen molar-refractivity contribution in [3.63, 3.8) is 0 Å². The first-order chi connectivity index (χ1) is 13.4. The van der Waals surface area contributed by atoms with Crippen molar-refractivity contribution in [2.45, 2.75) is 53.0 Å². The standard InChI is InChI=1S/C23H33N3O2/c1-15(2)21-11-18(12-22(27)25-14-20-6-4-5-9-24-20)16(3)10-19(21)13-26-23(28)17-7-8-17/h4-6,9-10,15,17-19,21H,7-8,11-14H2,1-3H3,(H,25,27)(H,26,28)/t18-,19-,21-/m0/s1. The van der Waals surface area contributed by atoms with Crippen LogP contribution in [0.2, 0.25) is 0 Å². The van der Waals surface area contributed by atoms with Crippen molar-refractivity contribution in [2.75, 3.05) is 6.54 Å². The fourth-order valence-corrected chi connectivity index (χ4v) is 4.20. The second-order valence-electron chi connectivity index (χ2n) is 8.74. The van der Waals surface area contributed by atoms with Crippen molar-refractivity contribution in [1.29, 1.82) is 0 Å². The first-order valence-electron chi connectivity index (χ1n) is 10.6. The van der Waals surface area contributed by atoms with E-state index in [1.54, 1.807) is 6.20 Å². The number of aromatic nitrogens is 1. The summed E-state index contributed by atoms with van der Waals surface area (Å²) in [6.45, 7) is 7.80. The maximum atomic E-state index is 12.5. The molecule has 28 heavy (non-hydrogen) atoms. The smallest absolute Gasteiger partial charge is 0.223 e. The lowest BCUT2D eigenvalue weighted by Crippen LogP contribution is -2.38. The number of carbonyl (C=O) groups excluding carboxylic acids is 2. The molecule has 2 aliphatic rings. The largest absolute Gasteiger partial charge is 0.355 e. The molecule has 0 radical (unpaired) electrons. The van der Waals surface area contributed by atoms with Gasteiger partial charge in [-0.1, -0.05) is 31.6 Å². The van der Waals surface area contributed by atoms with E-state index in [4.69, 9.17) is 0 Å². The Balaban J connectivity index is 1.55. The summed E-state index contributed by atoms with van der Waals surface area (Å²) in [6, 6.07) is 5.72. The monoisotopic (exact) mass is 383 g/mol. The normalized spacial score (nSPS) is 24.6. The van der Waals surface area contributed by atoms with Gasteiger partial charge in [0, 0.05) is 25.1 Å². The molecule has 0 aromatic carbocycles. The molecule has 0 aliphatic heterocycles. The number of allylic oxidation sites excluding steroid dienone is 1. The number of amides is 2. The fourth-order valence-electron chi connectivity index (χ4n) is 4.20. The molecule has 2 amide bonds. The van der Waals surface area contributed by atoms with Gasteiger partial charge in [-0.2, -0.15) is 0 Å². The molecule has 1 heterocycles. The Morgan fingerprint density at radius 2 is 2.00 bits per heavy atom. The number of hydrogen-bond donors (Lipinski definition) is 2. The SMILES string of the molecule is CC1=C[C@@H](CNC(=O)C2CC2)[C@H](C(C)C)C[C@H]1CC(=O)NCc1ccccn1. The quantitative estimate of drug-likeness (QED) is 0.675. The summed E-state index contributed by atoms with van der Waals surface area (Å²) in [6.07, 6.45) is 7.63. The molecule has 152 valence electrons. The molecule has 5 nitrogen and oxygen atoms in total. The summed E-state index contributed by atoms with van der Waals surface area (Å²) in [7, 11) is 0. The molecule has 1 fully saturated rings. The average Bonchev–Trinajstić information content (AvgIpc) is 3.52. The number of nitrogens with one attached hydrogen (secondary N) is 2. The van der Waals surface area contributed by atoms with Crippen molar-refractivity contribution in [3.05, 3.63) is 41.7 Å². The van der Waals surface area contributed by atoms with Gasteiger partial charge in [-0.15, -0.1) is 0 Å². The zero-order valence-corrected chi connectivity index (χ0v) is 17.3. The third-order valence-electron chi connectivity index (χ3n) is 6.17. The van der Waals surface area contributed by atoms with Crippen molar-refractivity contribution >= 4 is 11.8 Å². The number of pyridine rings is 1. The van der Waals surface area contributed by atoms with Gasteiger partial charge in [0.05, 0.1) is 12.2 Å². The zero-order valence-electron chi connectivity index (χ0n) is 17.3. The summed E-state index contributed by atoms with van der Waals surface area (Å²) >= 11 is 0. The van der Waals surface area contributed by atoms with E-state index < -0.39 is 0 Å². The first kappa shape index (κ1) is 20.6. The topological polar surface area (TPSA) is 71.1 Å². The van der Waals surface area contributed by atoms with Crippen molar-refractivity contribution < 1.29 is 9.59 Å². The van der Waals surface area contributed by atoms with Crippen LogP contribution in [0.3, 0.4) is 0 Å². The molecule has 0 bridgehead atoms. The Morgan fingerprint density at radius 3 is 2.64 bits per heavy atom.